The Hall–Kier alpha value is -1.77. The zero-order chi connectivity index (χ0) is 12.1. The number of hydrogen-bond donors (Lipinski definition) is 2. The number of nitrogens with zero attached hydrogens (tertiary/aromatic N) is 3. The predicted molar refractivity (Wildman–Crippen MR) is 71.6 cm³/mol. The molecular formula is C10H8IN5O. The van der Waals surface area contributed by atoms with Crippen LogP contribution in [0.2, 0.25) is 0 Å². The van der Waals surface area contributed by atoms with Gasteiger partial charge < -0.3 is 0 Å². The maximum atomic E-state index is 11.6. The minimum absolute atomic E-state index is 0.394. The lowest BCUT2D eigenvalue weighted by molar-refractivity contribution is 0.262. The van der Waals surface area contributed by atoms with Gasteiger partial charge >= 0.3 is 6.03 Å². The maximum absolute atomic E-state index is 11.6. The Morgan fingerprint density at radius 1 is 1.18 bits per heavy atom. The topological polar surface area (TPSA) is 79.8 Å². The number of anilines is 2. The molecule has 0 aliphatic carbocycles. The molecule has 17 heavy (non-hydrogen) atoms. The summed E-state index contributed by atoms with van der Waals surface area (Å²) in [4.78, 5) is 23.5. The summed E-state index contributed by atoms with van der Waals surface area (Å²) in [6.45, 7) is 0. The van der Waals surface area contributed by atoms with Crippen molar-refractivity contribution in [1.82, 2.24) is 15.0 Å². The van der Waals surface area contributed by atoms with Gasteiger partial charge in [0, 0.05) is 6.20 Å². The molecular weight excluding hydrogens is 333 g/mol. The van der Waals surface area contributed by atoms with Crippen LogP contribution in [0.25, 0.3) is 0 Å². The average Bonchev–Trinajstić information content (AvgIpc) is 2.30. The minimum atomic E-state index is -0.403. The van der Waals surface area contributed by atoms with E-state index >= 15 is 0 Å². The van der Waals surface area contributed by atoms with Gasteiger partial charge in [-0.1, -0.05) is 6.07 Å². The number of pyridine rings is 1. The van der Waals surface area contributed by atoms with Crippen LogP contribution in [-0.4, -0.2) is 21.0 Å². The fourth-order valence-corrected chi connectivity index (χ4v) is 1.52. The van der Waals surface area contributed by atoms with E-state index in [-0.39, 0.29) is 0 Å². The fourth-order valence-electron chi connectivity index (χ4n) is 1.10. The summed E-state index contributed by atoms with van der Waals surface area (Å²) < 4.78 is 0.707. The quantitative estimate of drug-likeness (QED) is 0.820. The largest absolute Gasteiger partial charge is 0.326 e. The highest BCUT2D eigenvalue weighted by Crippen LogP contribution is 2.05. The van der Waals surface area contributed by atoms with E-state index in [0.717, 1.165) is 0 Å². The molecule has 2 aromatic rings. The van der Waals surface area contributed by atoms with Crippen LogP contribution < -0.4 is 10.6 Å². The van der Waals surface area contributed by atoms with Gasteiger partial charge in [0.15, 0.2) is 5.82 Å². The van der Waals surface area contributed by atoms with E-state index in [1.54, 1.807) is 30.6 Å². The van der Waals surface area contributed by atoms with Crippen molar-refractivity contribution >= 4 is 40.3 Å². The molecule has 2 rings (SSSR count). The predicted octanol–water partition coefficient (Wildman–Crippen LogP) is 2.12. The molecule has 7 heteroatoms. The van der Waals surface area contributed by atoms with Gasteiger partial charge in [0.25, 0.3) is 0 Å². The summed E-state index contributed by atoms with van der Waals surface area (Å²) >= 11 is 2.02. The molecule has 0 aliphatic heterocycles. The molecule has 0 atom stereocenters. The lowest BCUT2D eigenvalue weighted by atomic mass is 10.5. The van der Waals surface area contributed by atoms with E-state index in [1.807, 2.05) is 22.6 Å². The third kappa shape index (κ3) is 3.63. The van der Waals surface area contributed by atoms with Crippen LogP contribution in [0.5, 0.6) is 0 Å². The smallest absolute Gasteiger partial charge is 0.292 e. The number of aromatic nitrogens is 3. The highest BCUT2D eigenvalue weighted by atomic mass is 127. The zero-order valence-electron chi connectivity index (χ0n) is 8.59. The lowest BCUT2D eigenvalue weighted by Gasteiger charge is -2.05. The highest BCUT2D eigenvalue weighted by molar-refractivity contribution is 14.1. The molecule has 2 aromatic heterocycles. The van der Waals surface area contributed by atoms with Gasteiger partial charge in [-0.05, 0) is 34.7 Å². The van der Waals surface area contributed by atoms with Gasteiger partial charge in [0.05, 0.1) is 12.4 Å². The second-order valence-corrected chi connectivity index (χ2v) is 4.13. The van der Waals surface area contributed by atoms with Crippen LogP contribution in [-0.2, 0) is 0 Å². The van der Waals surface area contributed by atoms with Crippen LogP contribution in [0.1, 0.15) is 0 Å². The Labute approximate surface area is 111 Å². The molecule has 2 heterocycles. The standard InChI is InChI=1S/C10H8IN5O/c11-7-5-12-6-9(14-7)16-10(17)15-8-3-1-2-4-13-8/h1-6H,(H2,13,14,15,16,17). The minimum Gasteiger partial charge on any atom is -0.292 e. The highest BCUT2D eigenvalue weighted by Gasteiger charge is 2.04. The van der Waals surface area contributed by atoms with Crippen molar-refractivity contribution in [1.29, 1.82) is 0 Å². The summed E-state index contributed by atoms with van der Waals surface area (Å²) in [6, 6.07) is 4.85. The van der Waals surface area contributed by atoms with Gasteiger partial charge in [-0.3, -0.25) is 15.6 Å². The van der Waals surface area contributed by atoms with E-state index in [0.29, 0.717) is 15.3 Å². The Morgan fingerprint density at radius 2 is 2.00 bits per heavy atom. The number of hydrogen-bond acceptors (Lipinski definition) is 4. The fraction of sp³-hybridized carbons (Fsp3) is 0. The van der Waals surface area contributed by atoms with E-state index in [1.165, 1.54) is 6.20 Å². The van der Waals surface area contributed by atoms with Crippen LogP contribution in [0, 0.1) is 3.70 Å². The normalized spacial score (nSPS) is 9.71. The molecule has 0 saturated carbocycles. The molecule has 0 radical (unpaired) electrons. The Morgan fingerprint density at radius 3 is 2.71 bits per heavy atom. The van der Waals surface area contributed by atoms with Crippen molar-refractivity contribution in [3.63, 3.8) is 0 Å². The Kier molecular flexibility index (Phi) is 3.81. The molecule has 0 saturated heterocycles. The van der Waals surface area contributed by atoms with Crippen molar-refractivity contribution in [2.24, 2.45) is 0 Å². The number of rotatable bonds is 2. The lowest BCUT2D eigenvalue weighted by Crippen LogP contribution is -2.20. The first-order valence-corrected chi connectivity index (χ1v) is 5.78. The van der Waals surface area contributed by atoms with E-state index in [4.69, 9.17) is 0 Å². The molecule has 2 N–H and O–H groups in total. The van der Waals surface area contributed by atoms with E-state index < -0.39 is 6.03 Å². The monoisotopic (exact) mass is 341 g/mol. The number of carbonyl (C=O) groups is 1. The number of nitrogens with one attached hydrogen (secondary N) is 2. The molecule has 0 spiro atoms. The van der Waals surface area contributed by atoms with Gasteiger partial charge in [0.2, 0.25) is 0 Å². The second kappa shape index (κ2) is 5.53. The first-order valence-electron chi connectivity index (χ1n) is 4.70. The van der Waals surface area contributed by atoms with E-state index in [2.05, 4.69) is 25.6 Å². The van der Waals surface area contributed by atoms with Crippen molar-refractivity contribution in [3.05, 3.63) is 40.5 Å². The molecule has 86 valence electrons. The number of urea groups is 1. The zero-order valence-corrected chi connectivity index (χ0v) is 10.7. The van der Waals surface area contributed by atoms with Crippen LogP contribution in [0.4, 0.5) is 16.4 Å². The SMILES string of the molecule is O=C(Nc1ccccn1)Nc1cncc(I)n1. The van der Waals surface area contributed by atoms with Gasteiger partial charge in [-0.2, -0.15) is 0 Å². The summed E-state index contributed by atoms with van der Waals surface area (Å²) in [5.74, 6) is 0.869. The Balaban J connectivity index is 1.98. The second-order valence-electron chi connectivity index (χ2n) is 3.02. The van der Waals surface area contributed by atoms with Crippen molar-refractivity contribution in [2.75, 3.05) is 10.6 Å². The third-order valence-electron chi connectivity index (χ3n) is 1.75. The average molecular weight is 341 g/mol. The van der Waals surface area contributed by atoms with Crippen molar-refractivity contribution in [3.8, 4) is 0 Å². The molecule has 2 amide bonds. The van der Waals surface area contributed by atoms with Gasteiger partial charge in [-0.25, -0.2) is 14.8 Å². The molecule has 0 bridgehead atoms. The van der Waals surface area contributed by atoms with Crippen LogP contribution in [0.15, 0.2) is 36.8 Å². The van der Waals surface area contributed by atoms with Crippen molar-refractivity contribution in [2.45, 2.75) is 0 Å². The summed E-state index contributed by atoms with van der Waals surface area (Å²) in [6.07, 6.45) is 4.67. The Bertz CT molecular complexity index is 519. The molecule has 0 unspecified atom stereocenters. The first kappa shape index (κ1) is 11.7. The van der Waals surface area contributed by atoms with Gasteiger partial charge in [-0.15, -0.1) is 0 Å². The molecule has 0 aromatic carbocycles. The summed E-state index contributed by atoms with van der Waals surface area (Å²) in [5, 5.41) is 5.14. The van der Waals surface area contributed by atoms with Gasteiger partial charge in [0.1, 0.15) is 9.52 Å². The van der Waals surface area contributed by atoms with Crippen LogP contribution in [0.3, 0.4) is 0 Å². The maximum Gasteiger partial charge on any atom is 0.326 e. The van der Waals surface area contributed by atoms with E-state index in [9.17, 15) is 4.79 Å². The van der Waals surface area contributed by atoms with Crippen molar-refractivity contribution < 1.29 is 4.79 Å². The molecule has 6 nitrogen and oxygen atoms in total. The van der Waals surface area contributed by atoms with Crippen LogP contribution >= 0.6 is 22.6 Å². The molecule has 0 fully saturated rings. The number of amides is 2. The number of halogens is 1. The summed E-state index contributed by atoms with van der Waals surface area (Å²) in [5.41, 5.74) is 0. The first-order chi connectivity index (χ1) is 8.24. The molecule has 0 aliphatic rings. The number of carbonyl (C=O) groups excluding carboxylic acids is 1. The third-order valence-corrected chi connectivity index (χ3v) is 2.27. The summed E-state index contributed by atoms with van der Waals surface area (Å²) in [7, 11) is 0.